The molecule has 88 valence electrons. The highest BCUT2D eigenvalue weighted by molar-refractivity contribution is 6.38. The van der Waals surface area contributed by atoms with Crippen molar-refractivity contribution in [2.75, 3.05) is 5.32 Å². The van der Waals surface area contributed by atoms with Crippen molar-refractivity contribution in [3.63, 3.8) is 0 Å². The number of rotatable bonds is 3. The highest BCUT2D eigenvalue weighted by atomic mass is 35.5. The van der Waals surface area contributed by atoms with E-state index in [1.54, 1.807) is 25.1 Å². The minimum absolute atomic E-state index is 0.325. The van der Waals surface area contributed by atoms with Crippen LogP contribution in [0.2, 0.25) is 5.02 Å². The molecule has 2 atom stereocenters. The van der Waals surface area contributed by atoms with Gasteiger partial charge in [-0.2, -0.15) is 0 Å². The van der Waals surface area contributed by atoms with Crippen LogP contribution in [0.15, 0.2) is 18.2 Å². The number of alkyl halides is 2. The van der Waals surface area contributed by atoms with Crippen molar-refractivity contribution < 1.29 is 4.79 Å². The Bertz CT molecular complexity index is 393. The van der Waals surface area contributed by atoms with Crippen LogP contribution in [0.25, 0.3) is 0 Å². The van der Waals surface area contributed by atoms with E-state index in [-0.39, 0.29) is 5.91 Å². The predicted molar refractivity (Wildman–Crippen MR) is 69.8 cm³/mol. The van der Waals surface area contributed by atoms with Gasteiger partial charge in [0, 0.05) is 10.7 Å². The highest BCUT2D eigenvalue weighted by Crippen LogP contribution is 2.23. The molecule has 16 heavy (non-hydrogen) atoms. The van der Waals surface area contributed by atoms with Crippen molar-refractivity contribution in [2.45, 2.75) is 24.6 Å². The second-order valence-corrected chi connectivity index (χ2v) is 5.05. The third-order valence-electron chi connectivity index (χ3n) is 2.18. The van der Waals surface area contributed by atoms with E-state index in [2.05, 4.69) is 5.32 Å². The Morgan fingerprint density at radius 2 is 2.00 bits per heavy atom. The van der Waals surface area contributed by atoms with Crippen LogP contribution in [0.3, 0.4) is 0 Å². The molecule has 0 fully saturated rings. The minimum atomic E-state index is -0.764. The fraction of sp³-hybridized carbons (Fsp3) is 0.364. The van der Waals surface area contributed by atoms with Crippen molar-refractivity contribution in [2.24, 2.45) is 0 Å². The van der Waals surface area contributed by atoms with Gasteiger partial charge in [0.05, 0.1) is 5.38 Å². The molecule has 0 bridgehead atoms. The summed E-state index contributed by atoms with van der Waals surface area (Å²) in [4.78, 5) is 11.6. The first kappa shape index (κ1) is 13.6. The molecule has 2 nitrogen and oxygen atoms in total. The van der Waals surface area contributed by atoms with Crippen LogP contribution < -0.4 is 5.32 Å². The lowest BCUT2D eigenvalue weighted by molar-refractivity contribution is -0.115. The summed E-state index contributed by atoms with van der Waals surface area (Å²) in [5, 5.41) is 2.10. The third-order valence-corrected chi connectivity index (χ3v) is 3.55. The van der Waals surface area contributed by atoms with Crippen LogP contribution in [0.1, 0.15) is 12.5 Å². The third kappa shape index (κ3) is 3.27. The SMILES string of the molecule is Cc1c(Cl)cccc1NC(=O)[C@@H](Cl)[C@H](C)Cl. The van der Waals surface area contributed by atoms with E-state index >= 15 is 0 Å². The number of hydrogen-bond donors (Lipinski definition) is 1. The molecule has 0 aliphatic heterocycles. The van der Waals surface area contributed by atoms with Gasteiger partial charge in [0.25, 0.3) is 0 Å². The molecule has 1 aromatic carbocycles. The van der Waals surface area contributed by atoms with Crippen molar-refractivity contribution in [1.29, 1.82) is 0 Å². The largest absolute Gasteiger partial charge is 0.324 e. The number of amides is 1. The molecule has 1 N–H and O–H groups in total. The van der Waals surface area contributed by atoms with Gasteiger partial charge in [-0.3, -0.25) is 4.79 Å². The summed E-state index contributed by atoms with van der Waals surface area (Å²) in [5.41, 5.74) is 1.46. The summed E-state index contributed by atoms with van der Waals surface area (Å²) in [7, 11) is 0. The van der Waals surface area contributed by atoms with Gasteiger partial charge in [-0.1, -0.05) is 17.7 Å². The molecule has 0 saturated carbocycles. The second-order valence-electron chi connectivity index (χ2n) is 3.48. The van der Waals surface area contributed by atoms with Crippen molar-refractivity contribution >= 4 is 46.4 Å². The quantitative estimate of drug-likeness (QED) is 0.838. The van der Waals surface area contributed by atoms with Crippen molar-refractivity contribution in [3.8, 4) is 0 Å². The van der Waals surface area contributed by atoms with E-state index < -0.39 is 10.8 Å². The zero-order valence-electron chi connectivity index (χ0n) is 8.93. The number of benzene rings is 1. The zero-order chi connectivity index (χ0) is 12.3. The van der Waals surface area contributed by atoms with E-state index in [4.69, 9.17) is 34.8 Å². The summed E-state index contributed by atoms with van der Waals surface area (Å²) in [5.74, 6) is -0.325. The van der Waals surface area contributed by atoms with Gasteiger partial charge >= 0.3 is 0 Å². The first-order valence-corrected chi connectivity index (χ1v) is 6.02. The predicted octanol–water partition coefficient (Wildman–Crippen LogP) is 3.82. The van der Waals surface area contributed by atoms with E-state index in [1.165, 1.54) is 0 Å². The fourth-order valence-electron chi connectivity index (χ4n) is 1.15. The van der Waals surface area contributed by atoms with E-state index in [0.29, 0.717) is 10.7 Å². The summed E-state index contributed by atoms with van der Waals surface area (Å²) in [6.07, 6.45) is 0. The van der Waals surface area contributed by atoms with Crippen LogP contribution >= 0.6 is 34.8 Å². The van der Waals surface area contributed by atoms with Crippen LogP contribution in [0.5, 0.6) is 0 Å². The van der Waals surface area contributed by atoms with Gasteiger partial charge in [0.1, 0.15) is 5.38 Å². The summed E-state index contributed by atoms with van der Waals surface area (Å²) < 4.78 is 0. The number of anilines is 1. The Balaban J connectivity index is 2.81. The van der Waals surface area contributed by atoms with Gasteiger partial charge in [-0.25, -0.2) is 0 Å². The first-order valence-electron chi connectivity index (χ1n) is 4.77. The Labute approximate surface area is 110 Å². The smallest absolute Gasteiger partial charge is 0.243 e. The molecule has 0 unspecified atom stereocenters. The van der Waals surface area contributed by atoms with Crippen LogP contribution in [-0.2, 0) is 4.79 Å². The maximum absolute atomic E-state index is 11.6. The van der Waals surface area contributed by atoms with Gasteiger partial charge < -0.3 is 5.32 Å². The molecule has 0 saturated heterocycles. The highest BCUT2D eigenvalue weighted by Gasteiger charge is 2.21. The maximum Gasteiger partial charge on any atom is 0.243 e. The number of hydrogen-bond acceptors (Lipinski definition) is 1. The Hall–Kier alpha value is -0.440. The number of halogens is 3. The molecule has 5 heteroatoms. The second kappa shape index (κ2) is 5.76. The number of carbonyl (C=O) groups excluding carboxylic acids is 1. The Morgan fingerprint density at radius 3 is 2.56 bits per heavy atom. The first-order chi connectivity index (χ1) is 7.43. The van der Waals surface area contributed by atoms with Gasteiger partial charge in [-0.05, 0) is 31.5 Å². The average Bonchev–Trinajstić information content (AvgIpc) is 2.23. The van der Waals surface area contributed by atoms with Crippen LogP contribution in [0, 0.1) is 6.92 Å². The molecule has 0 aliphatic rings. The molecule has 1 amide bonds. The normalized spacial score (nSPS) is 14.3. The molecular formula is C11H12Cl3NO. The van der Waals surface area contributed by atoms with Crippen molar-refractivity contribution in [3.05, 3.63) is 28.8 Å². The summed E-state index contributed by atoms with van der Waals surface area (Å²) in [6.45, 7) is 3.49. The lowest BCUT2D eigenvalue weighted by Gasteiger charge is -2.14. The lowest BCUT2D eigenvalue weighted by Crippen LogP contribution is -2.29. The lowest BCUT2D eigenvalue weighted by atomic mass is 10.2. The molecule has 0 radical (unpaired) electrons. The van der Waals surface area contributed by atoms with E-state index in [9.17, 15) is 4.79 Å². The topological polar surface area (TPSA) is 29.1 Å². The molecule has 0 spiro atoms. The standard InChI is InChI=1S/C11H12Cl3NO/c1-6-8(13)4-3-5-9(6)15-11(16)10(14)7(2)12/h3-5,7,10H,1-2H3,(H,15,16)/t7-,10-/m0/s1. The van der Waals surface area contributed by atoms with Gasteiger partial charge in [0.2, 0.25) is 5.91 Å². The zero-order valence-corrected chi connectivity index (χ0v) is 11.2. The summed E-state index contributed by atoms with van der Waals surface area (Å²) in [6, 6.07) is 5.29. The Morgan fingerprint density at radius 1 is 1.38 bits per heavy atom. The maximum atomic E-state index is 11.6. The molecule has 1 aromatic rings. The van der Waals surface area contributed by atoms with Gasteiger partial charge in [0.15, 0.2) is 0 Å². The summed E-state index contributed by atoms with van der Waals surface area (Å²) >= 11 is 17.5. The molecule has 0 heterocycles. The minimum Gasteiger partial charge on any atom is -0.324 e. The van der Waals surface area contributed by atoms with E-state index in [0.717, 1.165) is 5.56 Å². The van der Waals surface area contributed by atoms with Crippen molar-refractivity contribution in [1.82, 2.24) is 0 Å². The Kier molecular flexibility index (Phi) is 4.90. The number of nitrogens with one attached hydrogen (secondary N) is 1. The molecular weight excluding hydrogens is 268 g/mol. The molecule has 1 rings (SSSR count). The fourth-order valence-corrected chi connectivity index (χ4v) is 1.50. The number of carbonyl (C=O) groups is 1. The van der Waals surface area contributed by atoms with Crippen LogP contribution in [-0.4, -0.2) is 16.7 Å². The molecule has 0 aliphatic carbocycles. The van der Waals surface area contributed by atoms with Crippen LogP contribution in [0.4, 0.5) is 5.69 Å². The average molecular weight is 281 g/mol. The molecule has 0 aromatic heterocycles. The van der Waals surface area contributed by atoms with Gasteiger partial charge in [-0.15, -0.1) is 23.2 Å². The monoisotopic (exact) mass is 279 g/mol. The van der Waals surface area contributed by atoms with E-state index in [1.807, 2.05) is 6.92 Å².